The van der Waals surface area contributed by atoms with Crippen LogP contribution in [0.4, 0.5) is 0 Å². The van der Waals surface area contributed by atoms with Gasteiger partial charge in [0.2, 0.25) is 6.54 Å². The van der Waals surface area contributed by atoms with Gasteiger partial charge < -0.3 is 4.85 Å². The molecule has 4 bridgehead atoms. The second-order valence-electron chi connectivity index (χ2n) is 5.70. The Kier molecular flexibility index (Phi) is 1.77. The minimum atomic E-state index is 0.400. The first-order chi connectivity index (χ1) is 6.72. The molecule has 5 atom stereocenters. The number of nitrogens with one attached hydrogen (secondary N) is 1. The summed E-state index contributed by atoms with van der Waals surface area (Å²) in [5, 5.41) is 3.50. The maximum absolute atomic E-state index is 7.09. The molecule has 5 unspecified atom stereocenters. The van der Waals surface area contributed by atoms with Gasteiger partial charge in [-0.25, -0.2) is 6.57 Å². The maximum atomic E-state index is 7.09. The zero-order valence-corrected chi connectivity index (χ0v) is 9.58. The lowest BCUT2D eigenvalue weighted by molar-refractivity contribution is 0.154. The van der Waals surface area contributed by atoms with Crippen LogP contribution in [0.15, 0.2) is 0 Å². The third-order valence-electron chi connectivity index (χ3n) is 4.85. The van der Waals surface area contributed by atoms with Crippen molar-refractivity contribution >= 4 is 9.39 Å². The molecule has 0 aromatic rings. The molecule has 1 N–H and O–H groups in total. The first kappa shape index (κ1) is 9.13. The molecule has 0 aliphatic heterocycles. The van der Waals surface area contributed by atoms with Gasteiger partial charge in [0.1, 0.15) is 0 Å². The van der Waals surface area contributed by atoms with E-state index < -0.39 is 0 Å². The van der Waals surface area contributed by atoms with E-state index in [0.29, 0.717) is 11.0 Å². The molecule has 0 heterocycles. The van der Waals surface area contributed by atoms with E-state index >= 15 is 0 Å². The fourth-order valence-corrected chi connectivity index (χ4v) is 5.11. The highest BCUT2D eigenvalue weighted by Crippen LogP contribution is 2.66. The molecule has 0 spiro atoms. The van der Waals surface area contributed by atoms with Crippen LogP contribution < -0.4 is 5.09 Å². The van der Waals surface area contributed by atoms with E-state index in [0.717, 1.165) is 18.4 Å². The van der Waals surface area contributed by atoms with Crippen molar-refractivity contribution in [1.82, 2.24) is 5.09 Å². The highest BCUT2D eigenvalue weighted by molar-refractivity contribution is 7.13. The third kappa shape index (κ3) is 0.980. The average molecular weight is 208 g/mol. The van der Waals surface area contributed by atoms with Crippen LogP contribution in [-0.4, -0.2) is 12.1 Å². The van der Waals surface area contributed by atoms with Crippen LogP contribution in [0.2, 0.25) is 0 Å². The van der Waals surface area contributed by atoms with Crippen molar-refractivity contribution < 1.29 is 0 Å². The summed E-state index contributed by atoms with van der Waals surface area (Å²) in [4.78, 5) is 3.66. The topological polar surface area (TPSA) is 16.4 Å². The van der Waals surface area contributed by atoms with Gasteiger partial charge in [0.05, 0.1) is 0 Å². The Hall–Kier alpha value is -0.120. The fourth-order valence-electron chi connectivity index (χ4n) is 4.66. The number of hydrogen-bond donors (Lipinski definition) is 1. The summed E-state index contributed by atoms with van der Waals surface area (Å²) >= 11 is 0. The van der Waals surface area contributed by atoms with Gasteiger partial charge in [0.15, 0.2) is 0 Å². The predicted octanol–water partition coefficient (Wildman–Crippen LogP) is 2.23. The predicted molar refractivity (Wildman–Crippen MR) is 59.5 cm³/mol. The second kappa shape index (κ2) is 2.71. The van der Waals surface area contributed by atoms with Gasteiger partial charge in [-0.1, -0.05) is 9.39 Å². The van der Waals surface area contributed by atoms with E-state index in [4.69, 9.17) is 6.57 Å². The molecular formula is C11H17N2P. The first-order valence-corrected chi connectivity index (χ1v) is 6.11. The Labute approximate surface area is 87.9 Å². The molecule has 0 amide bonds. The van der Waals surface area contributed by atoms with Gasteiger partial charge in [-0.15, -0.1) is 0 Å². The normalized spacial score (nSPS) is 53.7. The molecule has 14 heavy (non-hydrogen) atoms. The largest absolute Gasteiger partial charge is 0.316 e. The Bertz CT molecular complexity index is 311. The molecule has 2 nitrogen and oxygen atoms in total. The van der Waals surface area contributed by atoms with Crippen molar-refractivity contribution in [3.05, 3.63) is 11.4 Å². The molecular weight excluding hydrogens is 191 g/mol. The Morgan fingerprint density at radius 3 is 2.93 bits per heavy atom. The van der Waals surface area contributed by atoms with Crippen LogP contribution >= 0.6 is 9.39 Å². The van der Waals surface area contributed by atoms with Gasteiger partial charge in [-0.2, -0.15) is 0 Å². The summed E-state index contributed by atoms with van der Waals surface area (Å²) in [5.41, 5.74) is 0.801. The van der Waals surface area contributed by atoms with Gasteiger partial charge in [-0.05, 0) is 43.9 Å². The maximum Gasteiger partial charge on any atom is 0.220 e. The summed E-state index contributed by atoms with van der Waals surface area (Å²) in [6, 6.07) is 0. The number of rotatable bonds is 2. The summed E-state index contributed by atoms with van der Waals surface area (Å²) < 4.78 is 0. The summed E-state index contributed by atoms with van der Waals surface area (Å²) in [7, 11) is 2.72. The SMILES string of the molecule is [C-]#[N+]CC12CC3CC(C1)C(NP)(C3)C2. The first-order valence-electron chi connectivity index (χ1n) is 5.53. The molecule has 4 saturated carbocycles. The van der Waals surface area contributed by atoms with Gasteiger partial charge in [0, 0.05) is 11.0 Å². The van der Waals surface area contributed by atoms with E-state index in [9.17, 15) is 0 Å². The molecule has 3 heteroatoms. The lowest BCUT2D eigenvalue weighted by Gasteiger charge is -2.37. The molecule has 4 fully saturated rings. The van der Waals surface area contributed by atoms with Crippen molar-refractivity contribution in [1.29, 1.82) is 0 Å². The minimum absolute atomic E-state index is 0.400. The number of hydrogen-bond acceptors (Lipinski definition) is 1. The van der Waals surface area contributed by atoms with E-state index in [1.165, 1.54) is 32.1 Å². The second-order valence-corrected chi connectivity index (χ2v) is 5.99. The van der Waals surface area contributed by atoms with Crippen molar-refractivity contribution in [2.24, 2.45) is 17.3 Å². The Morgan fingerprint density at radius 1 is 1.43 bits per heavy atom. The Balaban J connectivity index is 1.94. The van der Waals surface area contributed by atoms with Crippen molar-refractivity contribution in [2.45, 2.75) is 37.6 Å². The summed E-state index contributed by atoms with van der Waals surface area (Å²) in [6.07, 6.45) is 6.68. The lowest BCUT2D eigenvalue weighted by Crippen LogP contribution is -2.43. The van der Waals surface area contributed by atoms with Crippen LogP contribution in [-0.2, 0) is 0 Å². The molecule has 0 saturated heterocycles. The molecule has 0 aromatic carbocycles. The average Bonchev–Trinajstić information content (AvgIpc) is 2.50. The van der Waals surface area contributed by atoms with Crippen LogP contribution in [0.1, 0.15) is 32.1 Å². The zero-order chi connectivity index (χ0) is 9.81. The molecule has 4 aliphatic rings. The smallest absolute Gasteiger partial charge is 0.220 e. The van der Waals surface area contributed by atoms with E-state index in [1.54, 1.807) is 0 Å². The lowest BCUT2D eigenvalue weighted by atomic mass is 9.69. The van der Waals surface area contributed by atoms with Gasteiger partial charge >= 0.3 is 0 Å². The molecule has 0 radical (unpaired) electrons. The highest BCUT2D eigenvalue weighted by Gasteiger charge is 2.64. The summed E-state index contributed by atoms with van der Waals surface area (Å²) in [5.74, 6) is 1.78. The van der Waals surface area contributed by atoms with Crippen LogP contribution in [0.3, 0.4) is 0 Å². The number of nitrogens with zero attached hydrogens (tertiary/aromatic N) is 1. The standard InChI is InChI=1S/C11H17N2P/c1-12-7-10-3-8-2-9(5-10)11(4-8,6-10)13-14/h8-9,13H,2-7,14H2. The third-order valence-corrected chi connectivity index (χ3v) is 5.42. The molecule has 4 aliphatic carbocycles. The van der Waals surface area contributed by atoms with Crippen LogP contribution in [0.25, 0.3) is 4.85 Å². The van der Waals surface area contributed by atoms with E-state index in [-0.39, 0.29) is 0 Å². The van der Waals surface area contributed by atoms with Crippen molar-refractivity contribution in [3.63, 3.8) is 0 Å². The molecule has 76 valence electrons. The van der Waals surface area contributed by atoms with Crippen LogP contribution in [0, 0.1) is 23.8 Å². The molecule has 4 rings (SSSR count). The molecule has 0 aromatic heterocycles. The van der Waals surface area contributed by atoms with E-state index in [1.807, 2.05) is 0 Å². The fraction of sp³-hybridized carbons (Fsp3) is 0.909. The quantitative estimate of drug-likeness (QED) is 0.543. The summed E-state index contributed by atoms with van der Waals surface area (Å²) in [6.45, 7) is 7.86. The van der Waals surface area contributed by atoms with Gasteiger partial charge in [0.25, 0.3) is 0 Å². The monoisotopic (exact) mass is 208 g/mol. The zero-order valence-electron chi connectivity index (χ0n) is 8.42. The van der Waals surface area contributed by atoms with Crippen LogP contribution in [0.5, 0.6) is 0 Å². The van der Waals surface area contributed by atoms with Gasteiger partial charge in [-0.3, -0.25) is 5.09 Å². The minimum Gasteiger partial charge on any atom is -0.316 e. The van der Waals surface area contributed by atoms with Crippen molar-refractivity contribution in [3.8, 4) is 0 Å². The Morgan fingerprint density at radius 2 is 2.29 bits per heavy atom. The highest BCUT2D eigenvalue weighted by atomic mass is 31.0. The van der Waals surface area contributed by atoms with E-state index in [2.05, 4.69) is 19.3 Å². The van der Waals surface area contributed by atoms with Crippen molar-refractivity contribution in [2.75, 3.05) is 6.54 Å².